The van der Waals surface area contributed by atoms with Crippen molar-refractivity contribution in [2.45, 2.75) is 18.3 Å². The smallest absolute Gasteiger partial charge is 0.273 e. The lowest BCUT2D eigenvalue weighted by Gasteiger charge is -2.29. The highest BCUT2D eigenvalue weighted by molar-refractivity contribution is 6.31. The van der Waals surface area contributed by atoms with E-state index < -0.39 is 41.6 Å². The lowest BCUT2D eigenvalue weighted by atomic mass is 9.89. The number of hydrogen-bond donors (Lipinski definition) is 0. The van der Waals surface area contributed by atoms with Gasteiger partial charge in [0.1, 0.15) is 5.92 Å². The summed E-state index contributed by atoms with van der Waals surface area (Å²) in [7, 11) is 0. The fourth-order valence-corrected chi connectivity index (χ4v) is 4.42. The minimum Gasteiger partial charge on any atom is -0.273 e. The molecular formula is C24H16ClF3N2O3. The quantitative estimate of drug-likeness (QED) is 0.478. The van der Waals surface area contributed by atoms with E-state index in [4.69, 9.17) is 16.4 Å². The summed E-state index contributed by atoms with van der Waals surface area (Å²) in [6.45, 7) is 0. The molecule has 0 saturated carbocycles. The second-order valence-electron chi connectivity index (χ2n) is 7.77. The van der Waals surface area contributed by atoms with Crippen LogP contribution in [0.15, 0.2) is 78.9 Å². The summed E-state index contributed by atoms with van der Waals surface area (Å²) < 4.78 is 40.2. The molecule has 2 aliphatic heterocycles. The van der Waals surface area contributed by atoms with Gasteiger partial charge in [-0.1, -0.05) is 41.9 Å². The van der Waals surface area contributed by atoms with Crippen molar-refractivity contribution in [1.29, 1.82) is 0 Å². The van der Waals surface area contributed by atoms with Crippen LogP contribution in [0.25, 0.3) is 0 Å². The zero-order valence-electron chi connectivity index (χ0n) is 16.9. The first-order valence-corrected chi connectivity index (χ1v) is 10.4. The molecule has 168 valence electrons. The molecule has 5 rings (SSSR count). The lowest BCUT2D eigenvalue weighted by Crippen LogP contribution is -2.37. The zero-order valence-corrected chi connectivity index (χ0v) is 17.6. The molecule has 2 fully saturated rings. The van der Waals surface area contributed by atoms with E-state index >= 15 is 0 Å². The summed E-state index contributed by atoms with van der Waals surface area (Å²) in [5.74, 6) is -2.16. The normalized spacial score (nSPS) is 22.7. The van der Waals surface area contributed by atoms with E-state index in [1.165, 1.54) is 29.3 Å². The number of carbonyl (C=O) groups is 2. The minimum atomic E-state index is -4.56. The molecule has 0 aromatic heterocycles. The van der Waals surface area contributed by atoms with Crippen molar-refractivity contribution in [2.24, 2.45) is 5.92 Å². The van der Waals surface area contributed by atoms with Crippen LogP contribution in [0.5, 0.6) is 0 Å². The Labute approximate surface area is 191 Å². The largest absolute Gasteiger partial charge is 0.416 e. The third kappa shape index (κ3) is 3.65. The minimum absolute atomic E-state index is 0.222. The Kier molecular flexibility index (Phi) is 5.14. The predicted molar refractivity (Wildman–Crippen MR) is 115 cm³/mol. The topological polar surface area (TPSA) is 49.9 Å². The number of imide groups is 1. The van der Waals surface area contributed by atoms with Crippen LogP contribution in [0.2, 0.25) is 5.02 Å². The molecule has 0 unspecified atom stereocenters. The van der Waals surface area contributed by atoms with Crippen LogP contribution in [-0.4, -0.2) is 17.9 Å². The summed E-state index contributed by atoms with van der Waals surface area (Å²) >= 11 is 5.92. The van der Waals surface area contributed by atoms with Crippen LogP contribution in [0, 0.1) is 5.92 Å². The summed E-state index contributed by atoms with van der Waals surface area (Å²) in [5.41, 5.74) is 0.220. The summed E-state index contributed by atoms with van der Waals surface area (Å²) in [5, 5.41) is 1.80. The molecule has 3 aromatic carbocycles. The molecular weight excluding hydrogens is 457 g/mol. The second-order valence-corrected chi connectivity index (χ2v) is 8.21. The highest BCUT2D eigenvalue weighted by Crippen LogP contribution is 2.48. The maximum Gasteiger partial charge on any atom is 0.416 e. The van der Waals surface area contributed by atoms with E-state index in [0.717, 1.165) is 17.0 Å². The molecule has 9 heteroatoms. The van der Waals surface area contributed by atoms with Gasteiger partial charge in [0.15, 0.2) is 6.10 Å². The maximum atomic E-state index is 13.5. The van der Waals surface area contributed by atoms with Gasteiger partial charge in [-0.15, -0.1) is 0 Å². The molecule has 0 radical (unpaired) electrons. The first-order chi connectivity index (χ1) is 15.8. The van der Waals surface area contributed by atoms with Crippen molar-refractivity contribution in [3.05, 3.63) is 95.0 Å². The molecule has 0 bridgehead atoms. The van der Waals surface area contributed by atoms with Gasteiger partial charge >= 0.3 is 6.18 Å². The summed E-state index contributed by atoms with van der Waals surface area (Å²) in [6, 6.07) is 18.6. The van der Waals surface area contributed by atoms with E-state index in [2.05, 4.69) is 0 Å². The van der Waals surface area contributed by atoms with Gasteiger partial charge in [0, 0.05) is 5.02 Å². The third-order valence-electron chi connectivity index (χ3n) is 5.77. The number of rotatable bonds is 3. The van der Waals surface area contributed by atoms with Gasteiger partial charge in [-0.05, 0) is 54.1 Å². The van der Waals surface area contributed by atoms with Gasteiger partial charge in [-0.3, -0.25) is 14.4 Å². The number of nitrogens with zero attached hydrogens (tertiary/aromatic N) is 2. The molecule has 2 saturated heterocycles. The fraction of sp³-hybridized carbons (Fsp3) is 0.167. The van der Waals surface area contributed by atoms with Crippen molar-refractivity contribution in [2.75, 3.05) is 9.96 Å². The average Bonchev–Trinajstić information content (AvgIpc) is 3.31. The molecule has 33 heavy (non-hydrogen) atoms. The first-order valence-electron chi connectivity index (χ1n) is 10.1. The van der Waals surface area contributed by atoms with Crippen LogP contribution in [-0.2, 0) is 20.6 Å². The second kappa shape index (κ2) is 7.90. The van der Waals surface area contributed by atoms with E-state index in [9.17, 15) is 22.8 Å². The van der Waals surface area contributed by atoms with E-state index in [1.807, 2.05) is 0 Å². The van der Waals surface area contributed by atoms with Crippen molar-refractivity contribution in [3.8, 4) is 0 Å². The molecule has 0 N–H and O–H groups in total. The number of para-hydroxylation sites is 1. The molecule has 0 spiro atoms. The van der Waals surface area contributed by atoms with Crippen molar-refractivity contribution in [1.82, 2.24) is 0 Å². The lowest BCUT2D eigenvalue weighted by molar-refractivity contribution is -0.137. The van der Waals surface area contributed by atoms with Gasteiger partial charge in [0.2, 0.25) is 5.91 Å². The number of halogens is 4. The number of alkyl halides is 3. The average molecular weight is 473 g/mol. The molecule has 2 aliphatic rings. The van der Waals surface area contributed by atoms with Gasteiger partial charge in [-0.25, -0.2) is 9.96 Å². The maximum absolute atomic E-state index is 13.5. The highest BCUT2D eigenvalue weighted by atomic mass is 35.5. The number of hydroxylamine groups is 1. The third-order valence-corrected chi connectivity index (χ3v) is 6.02. The number of amides is 2. The van der Waals surface area contributed by atoms with Gasteiger partial charge in [-0.2, -0.15) is 13.2 Å². The Morgan fingerprint density at radius 3 is 2.18 bits per heavy atom. The standard InChI is InChI=1S/C24H16ClF3N2O3/c25-16-9-11-17(12-10-16)29-22(31)19-20(14-5-4-6-15(13-14)24(26,27)28)30(33-21(19)23(29)32)18-7-2-1-3-8-18/h1-13,19-21H/t19-,20+,21-/m1/s1. The SMILES string of the molecule is O=C1[C@H]2[C@@H](ON(c3ccccc3)[C@H]2c2cccc(C(F)(F)F)c2)C(=O)N1c1ccc(Cl)cc1. The van der Waals surface area contributed by atoms with Crippen LogP contribution < -0.4 is 9.96 Å². The Bertz CT molecular complexity index is 1220. The van der Waals surface area contributed by atoms with Crippen molar-refractivity contribution < 1.29 is 27.6 Å². The van der Waals surface area contributed by atoms with E-state index in [1.54, 1.807) is 42.5 Å². The van der Waals surface area contributed by atoms with E-state index in [-0.39, 0.29) is 5.56 Å². The Morgan fingerprint density at radius 1 is 0.818 bits per heavy atom. The van der Waals surface area contributed by atoms with Gasteiger partial charge in [0.25, 0.3) is 5.91 Å². The number of fused-ring (bicyclic) bond motifs is 1. The van der Waals surface area contributed by atoms with Gasteiger partial charge in [0.05, 0.1) is 23.0 Å². The molecule has 3 aromatic rings. The number of carbonyl (C=O) groups excluding carboxylic acids is 2. The Morgan fingerprint density at radius 2 is 1.52 bits per heavy atom. The number of hydrogen-bond acceptors (Lipinski definition) is 4. The fourth-order valence-electron chi connectivity index (χ4n) is 4.30. The highest BCUT2D eigenvalue weighted by Gasteiger charge is 2.60. The molecule has 2 heterocycles. The zero-order chi connectivity index (χ0) is 23.3. The van der Waals surface area contributed by atoms with Crippen molar-refractivity contribution in [3.63, 3.8) is 0 Å². The Balaban J connectivity index is 1.60. The summed E-state index contributed by atoms with van der Waals surface area (Å²) in [6.07, 6.45) is -5.73. The van der Waals surface area contributed by atoms with Gasteiger partial charge < -0.3 is 0 Å². The Hall–Kier alpha value is -3.36. The van der Waals surface area contributed by atoms with Crippen LogP contribution in [0.3, 0.4) is 0 Å². The number of benzene rings is 3. The molecule has 5 nitrogen and oxygen atoms in total. The van der Waals surface area contributed by atoms with Crippen LogP contribution >= 0.6 is 11.6 Å². The predicted octanol–water partition coefficient (Wildman–Crippen LogP) is 5.41. The van der Waals surface area contributed by atoms with Crippen LogP contribution in [0.1, 0.15) is 17.2 Å². The first kappa shape index (κ1) is 21.5. The molecule has 2 amide bonds. The van der Waals surface area contributed by atoms with Crippen molar-refractivity contribution >= 4 is 34.8 Å². The van der Waals surface area contributed by atoms with E-state index in [0.29, 0.717) is 16.4 Å². The number of anilines is 2. The molecule has 3 atom stereocenters. The van der Waals surface area contributed by atoms with Crippen LogP contribution in [0.4, 0.5) is 24.5 Å². The molecule has 0 aliphatic carbocycles. The monoisotopic (exact) mass is 472 g/mol. The summed E-state index contributed by atoms with van der Waals surface area (Å²) in [4.78, 5) is 33.6.